The summed E-state index contributed by atoms with van der Waals surface area (Å²) in [7, 11) is 1.36. The van der Waals surface area contributed by atoms with Crippen LogP contribution < -0.4 is 5.32 Å². The first-order valence-corrected chi connectivity index (χ1v) is 8.31. The number of nitrogens with one attached hydrogen (secondary N) is 1. The lowest BCUT2D eigenvalue weighted by atomic mass is 10.1. The molecule has 1 atom stereocenters. The van der Waals surface area contributed by atoms with Gasteiger partial charge in [-0.3, -0.25) is 9.69 Å². The summed E-state index contributed by atoms with van der Waals surface area (Å²) in [6, 6.07) is 0. The summed E-state index contributed by atoms with van der Waals surface area (Å²) in [6.07, 6.45) is -3.80. The molecule has 0 heterocycles. The molecule has 0 rings (SSSR count). The Morgan fingerprint density at radius 3 is 2.40 bits per heavy atom. The zero-order valence-corrected chi connectivity index (χ0v) is 15.3. The second kappa shape index (κ2) is 12.1. The molecule has 0 radical (unpaired) electrons. The van der Waals surface area contributed by atoms with Gasteiger partial charge in [0, 0.05) is 13.2 Å². The van der Waals surface area contributed by atoms with Gasteiger partial charge in [-0.05, 0) is 39.3 Å². The normalized spacial score (nSPS) is 13.2. The van der Waals surface area contributed by atoms with E-state index in [0.717, 1.165) is 11.3 Å². The minimum Gasteiger partial charge on any atom is -0.454 e. The van der Waals surface area contributed by atoms with Crippen LogP contribution in [0.1, 0.15) is 33.6 Å². The second-order valence-electron chi connectivity index (χ2n) is 6.36. The number of carbonyl (C=O) groups is 2. The third-order valence-corrected chi connectivity index (χ3v) is 3.23. The Labute approximate surface area is 147 Å². The maximum atomic E-state index is 12.1. The van der Waals surface area contributed by atoms with Crippen molar-refractivity contribution in [3.63, 3.8) is 0 Å². The molecule has 1 N–H and O–H groups in total. The van der Waals surface area contributed by atoms with Crippen molar-refractivity contribution in [1.82, 2.24) is 10.2 Å². The average Bonchev–Trinajstić information content (AvgIpc) is 2.46. The summed E-state index contributed by atoms with van der Waals surface area (Å²) in [5.41, 5.74) is 0. The molecule has 0 aromatic rings. The van der Waals surface area contributed by atoms with Crippen molar-refractivity contribution in [2.45, 2.75) is 45.9 Å². The van der Waals surface area contributed by atoms with Crippen LogP contribution in [-0.4, -0.2) is 69.0 Å². The Bertz CT molecular complexity index is 403. The highest BCUT2D eigenvalue weighted by molar-refractivity contribution is 5.81. The van der Waals surface area contributed by atoms with E-state index >= 15 is 0 Å². The lowest BCUT2D eigenvalue weighted by molar-refractivity contribution is -0.159. The molecule has 25 heavy (non-hydrogen) atoms. The summed E-state index contributed by atoms with van der Waals surface area (Å²) in [4.78, 5) is 24.3. The van der Waals surface area contributed by atoms with Crippen LogP contribution >= 0.6 is 0 Å². The Morgan fingerprint density at radius 1 is 1.20 bits per heavy atom. The van der Waals surface area contributed by atoms with Gasteiger partial charge in [-0.1, -0.05) is 13.8 Å². The predicted molar refractivity (Wildman–Crippen MR) is 87.0 cm³/mol. The number of carbonyl (C=O) groups excluding carboxylic acids is 2. The summed E-state index contributed by atoms with van der Waals surface area (Å²) in [5.74, 6) is -0.658. The van der Waals surface area contributed by atoms with Gasteiger partial charge in [-0.25, -0.2) is 4.79 Å². The zero-order chi connectivity index (χ0) is 19.5. The molecule has 6 nitrogen and oxygen atoms in total. The molecule has 0 saturated carbocycles. The van der Waals surface area contributed by atoms with Gasteiger partial charge in [0.05, 0.1) is 6.54 Å². The molecule has 148 valence electrons. The third-order valence-electron chi connectivity index (χ3n) is 3.23. The molecule has 1 amide bonds. The van der Waals surface area contributed by atoms with E-state index in [4.69, 9.17) is 9.47 Å². The van der Waals surface area contributed by atoms with Gasteiger partial charge in [-0.15, -0.1) is 0 Å². The van der Waals surface area contributed by atoms with Gasteiger partial charge in [-0.2, -0.15) is 13.2 Å². The quantitative estimate of drug-likeness (QED) is 0.420. The minimum absolute atomic E-state index is 0.195. The SMILES string of the molecule is CC(C)CCOC(C)C(=O)OCC(=O)NCCCN(C)CC(F)(F)F. The fourth-order valence-corrected chi connectivity index (χ4v) is 1.82. The molecule has 0 saturated heterocycles. The van der Waals surface area contributed by atoms with Gasteiger partial charge in [0.1, 0.15) is 0 Å². The van der Waals surface area contributed by atoms with Gasteiger partial charge >= 0.3 is 12.1 Å². The molecule has 0 aliphatic rings. The van der Waals surface area contributed by atoms with Crippen LogP contribution in [0.2, 0.25) is 0 Å². The molecule has 0 spiro atoms. The van der Waals surface area contributed by atoms with Crippen LogP contribution in [-0.2, 0) is 19.1 Å². The standard InChI is InChI=1S/C16H29F3N2O4/c1-12(2)6-9-24-13(3)15(23)25-10-14(22)20-7-5-8-21(4)11-16(17,18)19/h12-13H,5-11H2,1-4H3,(H,20,22). The lowest BCUT2D eigenvalue weighted by Gasteiger charge is -2.18. The van der Waals surface area contributed by atoms with Crippen LogP contribution in [0.15, 0.2) is 0 Å². The van der Waals surface area contributed by atoms with E-state index < -0.39 is 37.3 Å². The molecule has 0 aliphatic heterocycles. The molecule has 0 aromatic heterocycles. The van der Waals surface area contributed by atoms with Crippen LogP contribution in [0.3, 0.4) is 0 Å². The Morgan fingerprint density at radius 2 is 1.84 bits per heavy atom. The molecule has 1 unspecified atom stereocenters. The van der Waals surface area contributed by atoms with Crippen LogP contribution in [0, 0.1) is 5.92 Å². The number of amides is 1. The number of esters is 1. The first kappa shape index (κ1) is 23.6. The average molecular weight is 370 g/mol. The third kappa shape index (κ3) is 14.7. The van der Waals surface area contributed by atoms with Gasteiger partial charge in [0.15, 0.2) is 12.7 Å². The van der Waals surface area contributed by atoms with E-state index in [-0.39, 0.29) is 13.1 Å². The molecule has 0 aliphatic carbocycles. The van der Waals surface area contributed by atoms with Crippen molar-refractivity contribution >= 4 is 11.9 Å². The van der Waals surface area contributed by atoms with E-state index in [0.29, 0.717) is 18.9 Å². The van der Waals surface area contributed by atoms with E-state index in [9.17, 15) is 22.8 Å². The van der Waals surface area contributed by atoms with Gasteiger partial charge in [0.25, 0.3) is 5.91 Å². The lowest BCUT2D eigenvalue weighted by Crippen LogP contribution is -2.35. The fraction of sp³-hybridized carbons (Fsp3) is 0.875. The molecular formula is C16H29F3N2O4. The highest BCUT2D eigenvalue weighted by atomic mass is 19.4. The summed E-state index contributed by atoms with van der Waals surface area (Å²) in [6.45, 7) is 5.04. The van der Waals surface area contributed by atoms with E-state index in [1.54, 1.807) is 6.92 Å². The number of alkyl halides is 3. The highest BCUT2D eigenvalue weighted by Gasteiger charge is 2.28. The maximum absolute atomic E-state index is 12.1. The summed E-state index contributed by atoms with van der Waals surface area (Å²) < 4.78 is 46.5. The number of nitrogens with zero attached hydrogens (tertiary/aromatic N) is 1. The molecule has 9 heteroatoms. The van der Waals surface area contributed by atoms with Crippen molar-refractivity contribution in [3.05, 3.63) is 0 Å². The number of rotatable bonds is 12. The van der Waals surface area contributed by atoms with Crippen molar-refractivity contribution in [2.24, 2.45) is 5.92 Å². The van der Waals surface area contributed by atoms with Gasteiger partial charge < -0.3 is 14.8 Å². The van der Waals surface area contributed by atoms with Crippen LogP contribution in [0.25, 0.3) is 0 Å². The monoisotopic (exact) mass is 370 g/mol. The molecule has 0 fully saturated rings. The Kier molecular flexibility index (Phi) is 11.4. The first-order chi connectivity index (χ1) is 11.5. The molecule has 0 bridgehead atoms. The van der Waals surface area contributed by atoms with E-state index in [1.165, 1.54) is 7.05 Å². The smallest absolute Gasteiger partial charge is 0.401 e. The van der Waals surface area contributed by atoms with Crippen LogP contribution in [0.4, 0.5) is 13.2 Å². The summed E-state index contributed by atoms with van der Waals surface area (Å²) >= 11 is 0. The second-order valence-corrected chi connectivity index (χ2v) is 6.36. The first-order valence-electron chi connectivity index (χ1n) is 8.31. The van der Waals surface area contributed by atoms with Gasteiger partial charge in [0.2, 0.25) is 0 Å². The summed E-state index contributed by atoms with van der Waals surface area (Å²) in [5, 5.41) is 2.49. The largest absolute Gasteiger partial charge is 0.454 e. The Balaban J connectivity index is 3.77. The Hall–Kier alpha value is -1.35. The predicted octanol–water partition coefficient (Wildman–Crippen LogP) is 1.98. The molecule has 0 aromatic carbocycles. The topological polar surface area (TPSA) is 67.9 Å². The number of halogens is 3. The number of ether oxygens (including phenoxy) is 2. The van der Waals surface area contributed by atoms with Crippen molar-refractivity contribution < 1.29 is 32.2 Å². The minimum atomic E-state index is -4.24. The van der Waals surface area contributed by atoms with E-state index in [2.05, 4.69) is 5.32 Å². The highest BCUT2D eigenvalue weighted by Crippen LogP contribution is 2.15. The van der Waals surface area contributed by atoms with Crippen molar-refractivity contribution in [1.29, 1.82) is 0 Å². The number of hydrogen-bond donors (Lipinski definition) is 1. The zero-order valence-electron chi connectivity index (χ0n) is 15.3. The number of hydrogen-bond acceptors (Lipinski definition) is 5. The molecular weight excluding hydrogens is 341 g/mol. The van der Waals surface area contributed by atoms with Crippen molar-refractivity contribution in [3.8, 4) is 0 Å². The van der Waals surface area contributed by atoms with Crippen LogP contribution in [0.5, 0.6) is 0 Å². The fourth-order valence-electron chi connectivity index (χ4n) is 1.82. The maximum Gasteiger partial charge on any atom is 0.401 e. The van der Waals surface area contributed by atoms with Crippen molar-refractivity contribution in [2.75, 3.05) is 39.9 Å². The van der Waals surface area contributed by atoms with E-state index in [1.807, 2.05) is 13.8 Å².